The van der Waals surface area contributed by atoms with E-state index in [4.69, 9.17) is 15.5 Å². The second kappa shape index (κ2) is 7.70. The maximum atomic E-state index is 12.7. The number of methoxy groups -OCH3 is 1. The zero-order chi connectivity index (χ0) is 18.7. The Morgan fingerprint density at radius 1 is 1.35 bits per heavy atom. The molecule has 3 aromatic rings. The highest BCUT2D eigenvalue weighted by molar-refractivity contribution is 7.98. The number of hydrogen-bond donors (Lipinski definition) is 2. The van der Waals surface area contributed by atoms with E-state index < -0.39 is 0 Å². The highest BCUT2D eigenvalue weighted by Gasteiger charge is 2.19. The minimum atomic E-state index is -0.147. The first-order valence-electron chi connectivity index (χ1n) is 8.23. The maximum absolute atomic E-state index is 12.7. The van der Waals surface area contributed by atoms with Crippen LogP contribution in [0, 0.1) is 0 Å². The lowest BCUT2D eigenvalue weighted by Gasteiger charge is -2.10. The number of ether oxygens (including phenoxy) is 1. The summed E-state index contributed by atoms with van der Waals surface area (Å²) < 4.78 is 7.37. The molecule has 1 aromatic heterocycles. The average molecular weight is 370 g/mol. The number of aryl methyl sites for hydroxylation is 1. The molecule has 0 aliphatic heterocycles. The average Bonchev–Trinajstić information content (AvgIpc) is 2.97. The predicted octanol–water partition coefficient (Wildman–Crippen LogP) is 2.92. The highest BCUT2D eigenvalue weighted by Crippen LogP contribution is 2.33. The van der Waals surface area contributed by atoms with Crippen LogP contribution in [0.2, 0.25) is 0 Å². The number of nitrogens with one attached hydrogen (secondary N) is 1. The third-order valence-electron chi connectivity index (χ3n) is 4.18. The number of amides is 1. The summed E-state index contributed by atoms with van der Waals surface area (Å²) in [6, 6.07) is 11.2. The Kier molecular flexibility index (Phi) is 5.37. The smallest absolute Gasteiger partial charge is 0.253 e. The van der Waals surface area contributed by atoms with Gasteiger partial charge in [-0.15, -0.1) is 0 Å². The van der Waals surface area contributed by atoms with Gasteiger partial charge >= 0.3 is 0 Å². The third kappa shape index (κ3) is 3.35. The van der Waals surface area contributed by atoms with Gasteiger partial charge in [-0.3, -0.25) is 4.79 Å². The fraction of sp³-hybridized carbons (Fsp3) is 0.263. The molecule has 1 heterocycles. The molecule has 0 saturated carbocycles. The number of hydrogen-bond acceptors (Lipinski definition) is 5. The number of benzene rings is 2. The fourth-order valence-electron chi connectivity index (χ4n) is 2.98. The van der Waals surface area contributed by atoms with E-state index in [2.05, 4.69) is 5.32 Å². The summed E-state index contributed by atoms with van der Waals surface area (Å²) in [7, 11) is 3.52. The molecule has 0 atom stereocenters. The molecule has 26 heavy (non-hydrogen) atoms. The number of imidazole rings is 1. The molecule has 0 radical (unpaired) electrons. The van der Waals surface area contributed by atoms with Gasteiger partial charge in [0.25, 0.3) is 5.91 Å². The van der Waals surface area contributed by atoms with Crippen LogP contribution in [0.4, 0.5) is 5.69 Å². The quantitative estimate of drug-likeness (QED) is 0.515. The third-order valence-corrected chi connectivity index (χ3v) is 4.79. The molecule has 7 heteroatoms. The van der Waals surface area contributed by atoms with Crippen molar-refractivity contribution in [1.82, 2.24) is 14.9 Å². The van der Waals surface area contributed by atoms with Gasteiger partial charge in [-0.05, 0) is 30.5 Å². The number of nitrogens with zero attached hydrogens (tertiary/aromatic N) is 2. The molecular formula is C19H22N4O2S. The van der Waals surface area contributed by atoms with E-state index in [1.807, 2.05) is 42.1 Å². The number of nitrogen functional groups attached to an aromatic ring is 1. The van der Waals surface area contributed by atoms with Crippen molar-refractivity contribution in [2.75, 3.05) is 31.4 Å². The number of fused-ring (bicyclic) bond motifs is 1. The van der Waals surface area contributed by atoms with E-state index in [0.29, 0.717) is 23.3 Å². The molecule has 3 rings (SSSR count). The standard InChI is InChI=1S/C19H22N4O2S/c1-23-17-14(19(24)21-8-9-26-3)10-12(20)11-15(17)22-18(23)13-6-4-5-7-16(13)25-2/h4-7,10-11H,8-9,20H2,1-3H3,(H,21,24). The lowest BCUT2D eigenvalue weighted by Crippen LogP contribution is -2.26. The molecule has 0 saturated heterocycles. The first-order chi connectivity index (χ1) is 12.6. The second-order valence-corrected chi connectivity index (χ2v) is 6.87. The summed E-state index contributed by atoms with van der Waals surface area (Å²) in [5, 5.41) is 2.94. The molecule has 0 bridgehead atoms. The van der Waals surface area contributed by atoms with E-state index in [9.17, 15) is 4.79 Å². The van der Waals surface area contributed by atoms with Crippen molar-refractivity contribution < 1.29 is 9.53 Å². The van der Waals surface area contributed by atoms with E-state index >= 15 is 0 Å². The Hall–Kier alpha value is -2.67. The van der Waals surface area contributed by atoms with Gasteiger partial charge < -0.3 is 20.4 Å². The van der Waals surface area contributed by atoms with Crippen molar-refractivity contribution in [3.8, 4) is 17.1 Å². The van der Waals surface area contributed by atoms with Gasteiger partial charge in [-0.25, -0.2) is 4.98 Å². The predicted molar refractivity (Wildman–Crippen MR) is 108 cm³/mol. The first kappa shape index (κ1) is 18.1. The van der Waals surface area contributed by atoms with Gasteiger partial charge in [0, 0.05) is 25.0 Å². The van der Waals surface area contributed by atoms with Gasteiger partial charge in [-0.1, -0.05) is 12.1 Å². The molecule has 1 amide bonds. The maximum Gasteiger partial charge on any atom is 0.253 e. The first-order valence-corrected chi connectivity index (χ1v) is 9.62. The lowest BCUT2D eigenvalue weighted by atomic mass is 10.1. The van der Waals surface area contributed by atoms with Crippen LogP contribution in [0.25, 0.3) is 22.4 Å². The minimum Gasteiger partial charge on any atom is -0.496 e. The summed E-state index contributed by atoms with van der Waals surface area (Å²) in [6.45, 7) is 0.605. The number of anilines is 1. The van der Waals surface area contributed by atoms with E-state index in [1.165, 1.54) is 0 Å². The Morgan fingerprint density at radius 3 is 2.85 bits per heavy atom. The van der Waals surface area contributed by atoms with Gasteiger partial charge in [-0.2, -0.15) is 11.8 Å². The van der Waals surface area contributed by atoms with E-state index in [0.717, 1.165) is 28.4 Å². The van der Waals surface area contributed by atoms with E-state index in [1.54, 1.807) is 31.0 Å². The van der Waals surface area contributed by atoms with Crippen LogP contribution in [0.15, 0.2) is 36.4 Å². The molecule has 3 N–H and O–H groups in total. The molecule has 0 unspecified atom stereocenters. The normalized spacial score (nSPS) is 10.9. The molecule has 2 aromatic carbocycles. The highest BCUT2D eigenvalue weighted by atomic mass is 32.2. The van der Waals surface area contributed by atoms with Crippen molar-refractivity contribution in [1.29, 1.82) is 0 Å². The molecule has 0 aliphatic rings. The number of carbonyl (C=O) groups excluding carboxylic acids is 1. The number of aromatic nitrogens is 2. The van der Waals surface area contributed by atoms with Crippen LogP contribution in [-0.4, -0.2) is 41.1 Å². The number of para-hydroxylation sites is 1. The summed E-state index contributed by atoms with van der Waals surface area (Å²) in [5.74, 6) is 2.16. The molecule has 0 aliphatic carbocycles. The molecule has 136 valence electrons. The number of rotatable bonds is 6. The minimum absolute atomic E-state index is 0.147. The SMILES string of the molecule is COc1ccccc1-c1nc2cc(N)cc(C(=O)NCCSC)c2n1C. The number of thioether (sulfide) groups is 1. The van der Waals surface area contributed by atoms with Crippen molar-refractivity contribution >= 4 is 34.4 Å². The van der Waals surface area contributed by atoms with Gasteiger partial charge in [0.15, 0.2) is 0 Å². The Labute approximate surface area is 156 Å². The van der Waals surface area contributed by atoms with Crippen LogP contribution >= 0.6 is 11.8 Å². The lowest BCUT2D eigenvalue weighted by molar-refractivity contribution is 0.0957. The number of carbonyl (C=O) groups is 1. The fourth-order valence-corrected chi connectivity index (χ4v) is 3.29. The van der Waals surface area contributed by atoms with Crippen LogP contribution in [-0.2, 0) is 7.05 Å². The summed E-state index contributed by atoms with van der Waals surface area (Å²) >= 11 is 1.68. The zero-order valence-corrected chi connectivity index (χ0v) is 15.9. The summed E-state index contributed by atoms with van der Waals surface area (Å²) in [6.07, 6.45) is 2.01. The van der Waals surface area contributed by atoms with Gasteiger partial charge in [0.05, 0.1) is 29.3 Å². The topological polar surface area (TPSA) is 82.2 Å². The van der Waals surface area contributed by atoms with Gasteiger partial charge in [0.1, 0.15) is 11.6 Å². The zero-order valence-electron chi connectivity index (χ0n) is 15.1. The monoisotopic (exact) mass is 370 g/mol. The van der Waals surface area contributed by atoms with Crippen molar-refractivity contribution in [3.63, 3.8) is 0 Å². The largest absolute Gasteiger partial charge is 0.496 e. The number of nitrogens with two attached hydrogens (primary N) is 1. The Balaban J connectivity index is 2.14. The Morgan fingerprint density at radius 2 is 2.12 bits per heavy atom. The van der Waals surface area contributed by atoms with E-state index in [-0.39, 0.29) is 5.91 Å². The van der Waals surface area contributed by atoms with Crippen molar-refractivity contribution in [3.05, 3.63) is 42.0 Å². The van der Waals surface area contributed by atoms with Crippen LogP contribution in [0.3, 0.4) is 0 Å². The van der Waals surface area contributed by atoms with Crippen molar-refractivity contribution in [2.45, 2.75) is 0 Å². The summed E-state index contributed by atoms with van der Waals surface area (Å²) in [4.78, 5) is 17.4. The Bertz CT molecular complexity index is 952. The van der Waals surface area contributed by atoms with Crippen LogP contribution in [0.1, 0.15) is 10.4 Å². The second-order valence-electron chi connectivity index (χ2n) is 5.88. The molecule has 6 nitrogen and oxygen atoms in total. The molecule has 0 spiro atoms. The van der Waals surface area contributed by atoms with Crippen molar-refractivity contribution in [2.24, 2.45) is 7.05 Å². The van der Waals surface area contributed by atoms with Crippen LogP contribution < -0.4 is 15.8 Å². The summed E-state index contributed by atoms with van der Waals surface area (Å²) in [5.41, 5.74) is 9.35. The van der Waals surface area contributed by atoms with Crippen LogP contribution in [0.5, 0.6) is 5.75 Å². The molecular weight excluding hydrogens is 348 g/mol. The molecule has 0 fully saturated rings. The van der Waals surface area contributed by atoms with Gasteiger partial charge in [0.2, 0.25) is 0 Å².